The van der Waals surface area contributed by atoms with E-state index in [9.17, 15) is 22.8 Å². The molecule has 1 aliphatic rings. The highest BCUT2D eigenvalue weighted by Gasteiger charge is 2.35. The molecule has 1 aliphatic heterocycles. The monoisotopic (exact) mass is 521 g/mol. The summed E-state index contributed by atoms with van der Waals surface area (Å²) in [5, 5.41) is 12.0. The number of anilines is 2. The van der Waals surface area contributed by atoms with Crippen molar-refractivity contribution in [1.29, 1.82) is 0 Å². The first-order chi connectivity index (χ1) is 18.3. The summed E-state index contributed by atoms with van der Waals surface area (Å²) in [4.78, 5) is 30.1. The Morgan fingerprint density at radius 3 is 2.68 bits per heavy atom. The molecule has 0 aliphatic carbocycles. The van der Waals surface area contributed by atoms with Crippen LogP contribution in [0.25, 0.3) is 10.8 Å². The maximum absolute atomic E-state index is 14.7. The van der Waals surface area contributed by atoms with Gasteiger partial charge in [0.1, 0.15) is 17.7 Å². The summed E-state index contributed by atoms with van der Waals surface area (Å²) in [7, 11) is 0. The first-order valence-electron chi connectivity index (χ1n) is 11.7. The number of rotatable bonds is 6. The van der Waals surface area contributed by atoms with Gasteiger partial charge in [-0.05, 0) is 49.1 Å². The third-order valence-corrected chi connectivity index (χ3v) is 6.18. The zero-order valence-electron chi connectivity index (χ0n) is 20.3. The predicted octanol–water partition coefficient (Wildman–Crippen LogP) is 5.61. The highest BCUT2D eigenvalue weighted by Crippen LogP contribution is 2.38. The normalized spacial score (nSPS) is 14.8. The SMILES string of the molecule is CCOC(=O)c1cc2n(n1)C(c1ccc(C(F)F)c(F)c1)C(C(=O)Nc1ccc3cnccc3c1)=C(C)N2. The van der Waals surface area contributed by atoms with Gasteiger partial charge in [-0.2, -0.15) is 5.10 Å². The molecular weight excluding hydrogens is 499 g/mol. The number of esters is 1. The Morgan fingerprint density at radius 1 is 1.13 bits per heavy atom. The third-order valence-electron chi connectivity index (χ3n) is 6.18. The van der Waals surface area contributed by atoms with Crippen LogP contribution in [0.5, 0.6) is 0 Å². The number of allylic oxidation sites excluding steroid dienone is 1. The Kier molecular flexibility index (Phi) is 6.58. The molecule has 0 saturated carbocycles. The van der Waals surface area contributed by atoms with Crippen molar-refractivity contribution in [3.8, 4) is 0 Å². The lowest BCUT2D eigenvalue weighted by Gasteiger charge is -2.30. The summed E-state index contributed by atoms with van der Waals surface area (Å²) in [6, 6.07) is 10.8. The van der Waals surface area contributed by atoms with Crippen LogP contribution < -0.4 is 10.6 Å². The Balaban J connectivity index is 1.58. The second-order valence-electron chi connectivity index (χ2n) is 8.62. The molecule has 3 heterocycles. The van der Waals surface area contributed by atoms with E-state index in [1.54, 1.807) is 44.4 Å². The Bertz CT molecular complexity index is 1600. The Morgan fingerprint density at radius 2 is 1.95 bits per heavy atom. The number of halogens is 3. The summed E-state index contributed by atoms with van der Waals surface area (Å²) < 4.78 is 47.5. The molecule has 194 valence electrons. The Hall–Kier alpha value is -4.67. The van der Waals surface area contributed by atoms with E-state index in [0.29, 0.717) is 17.2 Å². The minimum Gasteiger partial charge on any atom is -0.461 e. The van der Waals surface area contributed by atoms with Crippen molar-refractivity contribution in [3.63, 3.8) is 0 Å². The fraction of sp³-hybridized carbons (Fsp3) is 0.185. The minimum absolute atomic E-state index is 0.0263. The molecule has 5 rings (SSSR count). The molecule has 0 bridgehead atoms. The van der Waals surface area contributed by atoms with E-state index in [0.717, 1.165) is 22.9 Å². The second-order valence-corrected chi connectivity index (χ2v) is 8.62. The second kappa shape index (κ2) is 10.0. The van der Waals surface area contributed by atoms with Gasteiger partial charge in [0, 0.05) is 35.2 Å². The van der Waals surface area contributed by atoms with E-state index in [1.807, 2.05) is 6.07 Å². The van der Waals surface area contributed by atoms with Crippen LogP contribution in [0.4, 0.5) is 24.7 Å². The number of fused-ring (bicyclic) bond motifs is 2. The summed E-state index contributed by atoms with van der Waals surface area (Å²) in [5.41, 5.74) is 0.496. The van der Waals surface area contributed by atoms with Crippen LogP contribution >= 0.6 is 0 Å². The molecule has 2 aromatic carbocycles. The maximum Gasteiger partial charge on any atom is 0.358 e. The molecule has 2 aromatic heterocycles. The van der Waals surface area contributed by atoms with Gasteiger partial charge < -0.3 is 15.4 Å². The lowest BCUT2D eigenvalue weighted by atomic mass is 9.93. The number of aromatic nitrogens is 3. The number of benzene rings is 2. The zero-order chi connectivity index (χ0) is 27.0. The summed E-state index contributed by atoms with van der Waals surface area (Å²) in [6.07, 6.45) is 0.336. The van der Waals surface area contributed by atoms with Gasteiger partial charge in [0.05, 0.1) is 17.7 Å². The first-order valence-corrected chi connectivity index (χ1v) is 11.7. The lowest BCUT2D eigenvalue weighted by molar-refractivity contribution is -0.113. The number of alkyl halides is 2. The average molecular weight is 521 g/mol. The number of carbonyl (C=O) groups excluding carboxylic acids is 2. The standard InChI is InChI=1S/C27H22F3N5O3/c1-3-38-27(37)21-12-22-32-14(2)23(26(36)33-18-6-4-17-13-31-9-8-15(17)10-18)24(35(22)34-21)16-5-7-19(25(29)30)20(28)11-16/h4-13,24-25,32H,3H2,1-2H3,(H,33,36). The molecule has 2 N–H and O–H groups in total. The predicted molar refractivity (Wildman–Crippen MR) is 134 cm³/mol. The highest BCUT2D eigenvalue weighted by atomic mass is 19.3. The van der Waals surface area contributed by atoms with Crippen LogP contribution in [0, 0.1) is 5.82 Å². The fourth-order valence-corrected chi connectivity index (χ4v) is 4.43. The fourth-order valence-electron chi connectivity index (χ4n) is 4.43. The summed E-state index contributed by atoms with van der Waals surface area (Å²) in [6.45, 7) is 3.43. The van der Waals surface area contributed by atoms with Crippen molar-refractivity contribution in [2.24, 2.45) is 0 Å². The number of hydrogen-bond acceptors (Lipinski definition) is 6. The van der Waals surface area contributed by atoms with E-state index < -0.39 is 35.7 Å². The molecule has 11 heteroatoms. The topological polar surface area (TPSA) is 98.1 Å². The molecule has 0 fully saturated rings. The van der Waals surface area contributed by atoms with Gasteiger partial charge in [0.2, 0.25) is 0 Å². The maximum atomic E-state index is 14.7. The van der Waals surface area contributed by atoms with Crippen LogP contribution in [0.15, 0.2) is 72.2 Å². The molecule has 4 aromatic rings. The van der Waals surface area contributed by atoms with Crippen molar-refractivity contribution in [2.75, 3.05) is 17.2 Å². The quantitative estimate of drug-likeness (QED) is 0.320. The summed E-state index contributed by atoms with van der Waals surface area (Å²) >= 11 is 0. The van der Waals surface area contributed by atoms with Crippen LogP contribution in [0.2, 0.25) is 0 Å². The van der Waals surface area contributed by atoms with Gasteiger partial charge in [0.15, 0.2) is 5.69 Å². The van der Waals surface area contributed by atoms with E-state index in [1.165, 1.54) is 16.8 Å². The lowest BCUT2D eigenvalue weighted by Crippen LogP contribution is -2.31. The summed E-state index contributed by atoms with van der Waals surface area (Å²) in [5.74, 6) is -1.96. The minimum atomic E-state index is -3.00. The molecule has 0 radical (unpaired) electrons. The van der Waals surface area contributed by atoms with Gasteiger partial charge in [-0.15, -0.1) is 0 Å². The van der Waals surface area contributed by atoms with Gasteiger partial charge >= 0.3 is 5.97 Å². The van der Waals surface area contributed by atoms with Crippen LogP contribution in [-0.2, 0) is 9.53 Å². The largest absolute Gasteiger partial charge is 0.461 e. The number of amides is 1. The molecule has 8 nitrogen and oxygen atoms in total. The van der Waals surface area contributed by atoms with Crippen LogP contribution in [0.3, 0.4) is 0 Å². The smallest absolute Gasteiger partial charge is 0.358 e. The number of nitrogens with one attached hydrogen (secondary N) is 2. The van der Waals surface area contributed by atoms with Crippen molar-refractivity contribution >= 4 is 34.2 Å². The number of nitrogens with zero attached hydrogens (tertiary/aromatic N) is 3. The van der Waals surface area contributed by atoms with Crippen molar-refractivity contribution in [3.05, 3.63) is 94.8 Å². The van der Waals surface area contributed by atoms with E-state index in [4.69, 9.17) is 4.74 Å². The van der Waals surface area contributed by atoms with Crippen LogP contribution in [-0.4, -0.2) is 33.2 Å². The first kappa shape index (κ1) is 25.0. The van der Waals surface area contributed by atoms with Crippen molar-refractivity contribution in [2.45, 2.75) is 26.3 Å². The zero-order valence-corrected chi connectivity index (χ0v) is 20.3. The molecule has 0 saturated heterocycles. The Labute approximate surface area is 215 Å². The van der Waals surface area contributed by atoms with Crippen LogP contribution in [0.1, 0.15) is 47.9 Å². The molecule has 1 atom stereocenters. The molecule has 38 heavy (non-hydrogen) atoms. The number of pyridine rings is 1. The van der Waals surface area contributed by atoms with Gasteiger partial charge in [0.25, 0.3) is 12.3 Å². The molecular formula is C27H22F3N5O3. The molecule has 1 unspecified atom stereocenters. The van der Waals surface area contributed by atoms with E-state index in [2.05, 4.69) is 20.7 Å². The van der Waals surface area contributed by atoms with E-state index >= 15 is 0 Å². The van der Waals surface area contributed by atoms with Gasteiger partial charge in [-0.1, -0.05) is 18.2 Å². The number of carbonyl (C=O) groups is 2. The molecule has 1 amide bonds. The van der Waals surface area contributed by atoms with Gasteiger partial charge in [-0.25, -0.2) is 22.6 Å². The van der Waals surface area contributed by atoms with Crippen molar-refractivity contribution < 1.29 is 27.5 Å². The van der Waals surface area contributed by atoms with Gasteiger partial charge in [-0.3, -0.25) is 9.78 Å². The van der Waals surface area contributed by atoms with Crippen molar-refractivity contribution in [1.82, 2.24) is 14.8 Å². The third kappa shape index (κ3) is 4.58. The van der Waals surface area contributed by atoms with E-state index in [-0.39, 0.29) is 23.4 Å². The number of ether oxygens (including phenoxy) is 1. The molecule has 0 spiro atoms. The average Bonchev–Trinajstić information content (AvgIpc) is 3.31. The number of hydrogen-bond donors (Lipinski definition) is 2. The highest BCUT2D eigenvalue weighted by molar-refractivity contribution is 6.07.